The molecule has 0 spiro atoms. The van der Waals surface area contributed by atoms with Gasteiger partial charge < -0.3 is 10.0 Å². The van der Waals surface area contributed by atoms with Gasteiger partial charge in [-0.1, -0.05) is 35.9 Å². The molecule has 1 aromatic heterocycles. The molecular formula is C14H15ClN2O2. The van der Waals surface area contributed by atoms with Crippen molar-refractivity contribution in [2.45, 2.75) is 6.92 Å². The molecule has 1 heterocycles. The van der Waals surface area contributed by atoms with Crippen molar-refractivity contribution in [3.8, 4) is 0 Å². The van der Waals surface area contributed by atoms with Crippen LogP contribution in [0, 0.1) is 0 Å². The van der Waals surface area contributed by atoms with Gasteiger partial charge in [-0.05, 0) is 12.3 Å². The lowest BCUT2D eigenvalue weighted by Crippen LogP contribution is -2.33. The molecule has 0 atom stereocenters. The van der Waals surface area contributed by atoms with Crippen molar-refractivity contribution in [2.75, 3.05) is 19.7 Å². The number of rotatable bonds is 4. The number of carbonyl (C=O) groups is 1. The molecule has 1 N–H and O–H groups in total. The number of likely N-dealkylation sites (N-methyl/N-ethyl adjacent to an activating group) is 1. The van der Waals surface area contributed by atoms with Crippen molar-refractivity contribution in [3.05, 3.63) is 41.2 Å². The van der Waals surface area contributed by atoms with Gasteiger partial charge in [0.2, 0.25) is 0 Å². The minimum atomic E-state index is -0.142. The highest BCUT2D eigenvalue weighted by Gasteiger charge is 2.17. The number of pyridine rings is 1. The van der Waals surface area contributed by atoms with Crippen LogP contribution in [0.1, 0.15) is 17.3 Å². The predicted octanol–water partition coefficient (Wildman–Crippen LogP) is 2.34. The smallest absolute Gasteiger partial charge is 0.256 e. The largest absolute Gasteiger partial charge is 0.395 e. The van der Waals surface area contributed by atoms with E-state index in [4.69, 9.17) is 16.7 Å². The summed E-state index contributed by atoms with van der Waals surface area (Å²) in [6, 6.07) is 7.40. The van der Waals surface area contributed by atoms with Gasteiger partial charge in [-0.2, -0.15) is 0 Å². The summed E-state index contributed by atoms with van der Waals surface area (Å²) < 4.78 is 0. The van der Waals surface area contributed by atoms with Crippen molar-refractivity contribution in [1.82, 2.24) is 9.88 Å². The molecule has 5 heteroatoms. The van der Waals surface area contributed by atoms with Crippen molar-refractivity contribution in [1.29, 1.82) is 0 Å². The normalized spacial score (nSPS) is 10.7. The van der Waals surface area contributed by atoms with Gasteiger partial charge >= 0.3 is 0 Å². The number of fused-ring (bicyclic) bond motifs is 1. The first kappa shape index (κ1) is 13.8. The zero-order valence-electron chi connectivity index (χ0n) is 10.6. The van der Waals surface area contributed by atoms with E-state index >= 15 is 0 Å². The molecule has 19 heavy (non-hydrogen) atoms. The third-order valence-electron chi connectivity index (χ3n) is 3.02. The molecule has 0 radical (unpaired) electrons. The second kappa shape index (κ2) is 5.99. The van der Waals surface area contributed by atoms with Gasteiger partial charge in [0.15, 0.2) is 0 Å². The van der Waals surface area contributed by atoms with Crippen LogP contribution in [0.4, 0.5) is 0 Å². The van der Waals surface area contributed by atoms with Gasteiger partial charge in [-0.25, -0.2) is 4.98 Å². The molecule has 1 amide bonds. The number of halogens is 1. The summed E-state index contributed by atoms with van der Waals surface area (Å²) in [5.74, 6) is -0.142. The second-order valence-corrected chi connectivity index (χ2v) is 4.47. The van der Waals surface area contributed by atoms with Crippen LogP contribution in [-0.4, -0.2) is 40.6 Å². The molecule has 0 aliphatic heterocycles. The molecule has 0 fully saturated rings. The number of aliphatic hydroxyl groups excluding tert-OH is 1. The van der Waals surface area contributed by atoms with Gasteiger partial charge in [0.05, 0.1) is 12.2 Å². The van der Waals surface area contributed by atoms with Gasteiger partial charge in [-0.15, -0.1) is 0 Å². The molecule has 4 nitrogen and oxygen atoms in total. The van der Waals surface area contributed by atoms with Crippen LogP contribution in [0.5, 0.6) is 0 Å². The van der Waals surface area contributed by atoms with E-state index in [0.29, 0.717) is 23.8 Å². The highest BCUT2D eigenvalue weighted by Crippen LogP contribution is 2.25. The Morgan fingerprint density at radius 2 is 2.05 bits per heavy atom. The van der Waals surface area contributed by atoms with Crippen molar-refractivity contribution >= 4 is 28.3 Å². The Morgan fingerprint density at radius 1 is 1.37 bits per heavy atom. The Hall–Kier alpha value is -1.65. The molecule has 0 aliphatic carbocycles. The topological polar surface area (TPSA) is 53.4 Å². The van der Waals surface area contributed by atoms with Gasteiger partial charge in [0.25, 0.3) is 5.91 Å². The molecule has 0 bridgehead atoms. The quantitative estimate of drug-likeness (QED) is 0.874. The van der Waals surface area contributed by atoms with E-state index in [-0.39, 0.29) is 12.5 Å². The van der Waals surface area contributed by atoms with Crippen LogP contribution in [0.2, 0.25) is 5.15 Å². The number of carbonyl (C=O) groups excluding carboxylic acids is 1. The van der Waals surface area contributed by atoms with Crippen molar-refractivity contribution in [2.24, 2.45) is 0 Å². The highest BCUT2D eigenvalue weighted by atomic mass is 35.5. The first-order valence-electron chi connectivity index (χ1n) is 6.12. The zero-order valence-corrected chi connectivity index (χ0v) is 11.4. The first-order chi connectivity index (χ1) is 9.19. The highest BCUT2D eigenvalue weighted by molar-refractivity contribution is 6.34. The van der Waals surface area contributed by atoms with E-state index in [0.717, 1.165) is 10.8 Å². The number of hydrogen-bond acceptors (Lipinski definition) is 3. The van der Waals surface area contributed by atoms with E-state index in [1.807, 2.05) is 31.2 Å². The molecule has 0 aliphatic rings. The summed E-state index contributed by atoms with van der Waals surface area (Å²) in [5, 5.41) is 10.9. The van der Waals surface area contributed by atoms with Crippen LogP contribution < -0.4 is 0 Å². The first-order valence-corrected chi connectivity index (χ1v) is 6.50. The van der Waals surface area contributed by atoms with E-state index in [1.54, 1.807) is 4.90 Å². The Balaban J connectivity index is 2.51. The number of amides is 1. The average Bonchev–Trinajstić information content (AvgIpc) is 2.45. The number of hydrogen-bond donors (Lipinski definition) is 1. The Kier molecular flexibility index (Phi) is 4.35. The van der Waals surface area contributed by atoms with Crippen LogP contribution in [0.3, 0.4) is 0 Å². The SMILES string of the molecule is CCN(CCO)C(=O)c1cnc(Cl)c2ccccc12. The maximum absolute atomic E-state index is 12.4. The van der Waals surface area contributed by atoms with Crippen LogP contribution in [-0.2, 0) is 0 Å². The van der Waals surface area contributed by atoms with Gasteiger partial charge in [0.1, 0.15) is 5.15 Å². The third kappa shape index (κ3) is 2.69. The standard InChI is InChI=1S/C14H15ClN2O2/c1-2-17(7-8-18)14(19)12-9-16-13(15)11-6-4-3-5-10(11)12/h3-6,9,18H,2,7-8H2,1H3. The average molecular weight is 279 g/mol. The monoisotopic (exact) mass is 278 g/mol. The van der Waals surface area contributed by atoms with Gasteiger partial charge in [0, 0.05) is 24.7 Å². The maximum atomic E-state index is 12.4. The van der Waals surface area contributed by atoms with Crippen LogP contribution in [0.25, 0.3) is 10.8 Å². The molecule has 0 unspecified atom stereocenters. The lowest BCUT2D eigenvalue weighted by molar-refractivity contribution is 0.0733. The summed E-state index contributed by atoms with van der Waals surface area (Å²) in [7, 11) is 0. The minimum absolute atomic E-state index is 0.0570. The number of nitrogens with zero attached hydrogens (tertiary/aromatic N) is 2. The Bertz CT molecular complexity index is 601. The molecule has 100 valence electrons. The maximum Gasteiger partial charge on any atom is 0.256 e. The number of aliphatic hydroxyl groups is 1. The predicted molar refractivity (Wildman–Crippen MR) is 75.4 cm³/mol. The van der Waals surface area contributed by atoms with Crippen molar-refractivity contribution in [3.63, 3.8) is 0 Å². The molecule has 0 saturated heterocycles. The van der Waals surface area contributed by atoms with E-state index in [9.17, 15) is 4.79 Å². The van der Waals surface area contributed by atoms with Crippen LogP contribution in [0.15, 0.2) is 30.5 Å². The second-order valence-electron chi connectivity index (χ2n) is 4.12. The summed E-state index contributed by atoms with van der Waals surface area (Å²) in [6.45, 7) is 2.67. The fraction of sp³-hybridized carbons (Fsp3) is 0.286. The Labute approximate surface area is 116 Å². The molecule has 1 aromatic carbocycles. The third-order valence-corrected chi connectivity index (χ3v) is 3.32. The minimum Gasteiger partial charge on any atom is -0.395 e. The molecule has 2 aromatic rings. The fourth-order valence-electron chi connectivity index (χ4n) is 2.02. The lowest BCUT2D eigenvalue weighted by atomic mass is 10.1. The van der Waals surface area contributed by atoms with E-state index in [2.05, 4.69) is 4.98 Å². The molecule has 2 rings (SSSR count). The van der Waals surface area contributed by atoms with Crippen molar-refractivity contribution < 1.29 is 9.90 Å². The van der Waals surface area contributed by atoms with E-state index in [1.165, 1.54) is 6.20 Å². The zero-order chi connectivity index (χ0) is 13.8. The molecule has 0 saturated carbocycles. The van der Waals surface area contributed by atoms with Gasteiger partial charge in [-0.3, -0.25) is 4.79 Å². The number of benzene rings is 1. The Morgan fingerprint density at radius 3 is 2.68 bits per heavy atom. The summed E-state index contributed by atoms with van der Waals surface area (Å²) in [5.41, 5.74) is 0.510. The lowest BCUT2D eigenvalue weighted by Gasteiger charge is -2.20. The summed E-state index contributed by atoms with van der Waals surface area (Å²) >= 11 is 6.03. The number of aromatic nitrogens is 1. The fourth-order valence-corrected chi connectivity index (χ4v) is 2.24. The van der Waals surface area contributed by atoms with Crippen LogP contribution >= 0.6 is 11.6 Å². The summed E-state index contributed by atoms with van der Waals surface area (Å²) in [6.07, 6.45) is 1.49. The molecular weight excluding hydrogens is 264 g/mol. The summed E-state index contributed by atoms with van der Waals surface area (Å²) in [4.78, 5) is 18.1. The van der Waals surface area contributed by atoms with E-state index < -0.39 is 0 Å².